The molecule has 2 N–H and O–H groups in total. The minimum absolute atomic E-state index is 0.0696. The standard InChI is InChI=1S/C8H13N3O3S/c1-8(12)2-3-11(5-8)15(13,14)7-4-9-6-10-7/h4,6,12H,2-3,5H2,1H3,(H,9,10). The van der Waals surface area contributed by atoms with E-state index in [1.165, 1.54) is 16.8 Å². The Bertz CT molecular complexity index is 438. The molecule has 1 aliphatic heterocycles. The van der Waals surface area contributed by atoms with E-state index in [0.717, 1.165) is 0 Å². The summed E-state index contributed by atoms with van der Waals surface area (Å²) in [5.41, 5.74) is -0.924. The van der Waals surface area contributed by atoms with Crippen molar-refractivity contribution in [1.29, 1.82) is 0 Å². The van der Waals surface area contributed by atoms with E-state index < -0.39 is 15.6 Å². The van der Waals surface area contributed by atoms with Crippen molar-refractivity contribution in [2.75, 3.05) is 13.1 Å². The number of nitrogens with one attached hydrogen (secondary N) is 1. The number of hydrogen-bond donors (Lipinski definition) is 2. The van der Waals surface area contributed by atoms with Gasteiger partial charge in [0.15, 0.2) is 5.03 Å². The number of hydrogen-bond acceptors (Lipinski definition) is 4. The predicted octanol–water partition coefficient (Wildman–Crippen LogP) is -0.445. The summed E-state index contributed by atoms with van der Waals surface area (Å²) in [6, 6.07) is 0. The van der Waals surface area contributed by atoms with E-state index in [-0.39, 0.29) is 11.6 Å². The molecule has 2 rings (SSSR count). The zero-order valence-corrected chi connectivity index (χ0v) is 9.16. The van der Waals surface area contributed by atoms with Crippen LogP contribution in [0.25, 0.3) is 0 Å². The molecule has 1 unspecified atom stereocenters. The summed E-state index contributed by atoms with van der Waals surface area (Å²) in [6.07, 6.45) is 3.05. The maximum absolute atomic E-state index is 11.9. The Kier molecular flexibility index (Phi) is 2.32. The van der Waals surface area contributed by atoms with E-state index in [9.17, 15) is 13.5 Å². The van der Waals surface area contributed by atoms with Gasteiger partial charge in [-0.15, -0.1) is 0 Å². The second-order valence-electron chi connectivity index (χ2n) is 4.00. The number of sulfonamides is 1. The molecule has 1 aromatic rings. The smallest absolute Gasteiger partial charge is 0.260 e. The number of aromatic amines is 1. The largest absolute Gasteiger partial charge is 0.389 e. The molecule has 1 fully saturated rings. The van der Waals surface area contributed by atoms with Gasteiger partial charge in [-0.3, -0.25) is 0 Å². The third-order valence-corrected chi connectivity index (χ3v) is 4.28. The number of aliphatic hydroxyl groups is 1. The molecule has 0 aliphatic carbocycles. The summed E-state index contributed by atoms with van der Waals surface area (Å²) in [5, 5.41) is 9.76. The van der Waals surface area contributed by atoms with Gasteiger partial charge in [0, 0.05) is 13.1 Å². The van der Waals surface area contributed by atoms with Crippen molar-refractivity contribution in [3.63, 3.8) is 0 Å². The molecule has 0 amide bonds. The molecule has 0 spiro atoms. The van der Waals surface area contributed by atoms with Crippen LogP contribution in [-0.2, 0) is 10.0 Å². The molecule has 0 radical (unpaired) electrons. The number of nitrogens with zero attached hydrogens (tertiary/aromatic N) is 2. The molecule has 2 heterocycles. The Morgan fingerprint density at radius 1 is 1.67 bits per heavy atom. The number of aromatic nitrogens is 2. The first kappa shape index (κ1) is 10.6. The highest BCUT2D eigenvalue weighted by Crippen LogP contribution is 2.25. The molecule has 1 atom stereocenters. The van der Waals surface area contributed by atoms with Gasteiger partial charge in [0.1, 0.15) is 0 Å². The molecule has 15 heavy (non-hydrogen) atoms. The van der Waals surface area contributed by atoms with Crippen LogP contribution in [0.3, 0.4) is 0 Å². The van der Waals surface area contributed by atoms with Gasteiger partial charge in [0.25, 0.3) is 10.0 Å². The number of imidazole rings is 1. The fourth-order valence-corrected chi connectivity index (χ4v) is 3.09. The lowest BCUT2D eigenvalue weighted by Gasteiger charge is -2.17. The highest BCUT2D eigenvalue weighted by atomic mass is 32.2. The van der Waals surface area contributed by atoms with Crippen molar-refractivity contribution < 1.29 is 13.5 Å². The van der Waals surface area contributed by atoms with Gasteiger partial charge < -0.3 is 10.1 Å². The second-order valence-corrected chi connectivity index (χ2v) is 5.91. The van der Waals surface area contributed by atoms with Crippen LogP contribution >= 0.6 is 0 Å². The Morgan fingerprint density at radius 2 is 2.40 bits per heavy atom. The summed E-state index contributed by atoms with van der Waals surface area (Å²) < 4.78 is 25.1. The first-order valence-electron chi connectivity index (χ1n) is 4.63. The molecule has 0 bridgehead atoms. The van der Waals surface area contributed by atoms with Crippen molar-refractivity contribution >= 4 is 10.0 Å². The van der Waals surface area contributed by atoms with Crippen molar-refractivity contribution in [3.8, 4) is 0 Å². The van der Waals surface area contributed by atoms with Gasteiger partial charge in [-0.25, -0.2) is 13.4 Å². The Labute approximate surface area is 88.0 Å². The molecule has 1 saturated heterocycles. The summed E-state index contributed by atoms with van der Waals surface area (Å²) in [5.74, 6) is 0. The molecule has 1 aromatic heterocycles. The predicted molar refractivity (Wildman–Crippen MR) is 52.6 cm³/mol. The monoisotopic (exact) mass is 231 g/mol. The van der Waals surface area contributed by atoms with Crippen LogP contribution in [0.2, 0.25) is 0 Å². The topological polar surface area (TPSA) is 86.3 Å². The quantitative estimate of drug-likeness (QED) is 0.722. The van der Waals surface area contributed by atoms with E-state index in [1.807, 2.05) is 0 Å². The van der Waals surface area contributed by atoms with Crippen LogP contribution in [0, 0.1) is 0 Å². The van der Waals surface area contributed by atoms with Crippen LogP contribution in [0.4, 0.5) is 0 Å². The van der Waals surface area contributed by atoms with Gasteiger partial charge >= 0.3 is 0 Å². The van der Waals surface area contributed by atoms with Crippen molar-refractivity contribution in [2.45, 2.75) is 24.0 Å². The van der Waals surface area contributed by atoms with Crippen molar-refractivity contribution in [3.05, 3.63) is 12.5 Å². The minimum Gasteiger partial charge on any atom is -0.389 e. The number of rotatable bonds is 2. The average molecular weight is 231 g/mol. The minimum atomic E-state index is -3.51. The van der Waals surface area contributed by atoms with Gasteiger partial charge in [-0.1, -0.05) is 0 Å². The lowest BCUT2D eigenvalue weighted by molar-refractivity contribution is 0.0762. The molecule has 0 saturated carbocycles. The number of H-pyrrole nitrogens is 1. The van der Waals surface area contributed by atoms with Gasteiger partial charge in [0.2, 0.25) is 0 Å². The average Bonchev–Trinajstić information content (AvgIpc) is 2.72. The highest BCUT2D eigenvalue weighted by molar-refractivity contribution is 7.89. The third kappa shape index (κ3) is 1.90. The SMILES string of the molecule is CC1(O)CCN(S(=O)(=O)c2cnc[nH]2)C1. The lowest BCUT2D eigenvalue weighted by atomic mass is 10.1. The zero-order valence-electron chi connectivity index (χ0n) is 8.34. The van der Waals surface area contributed by atoms with Crippen molar-refractivity contribution in [1.82, 2.24) is 14.3 Å². The van der Waals surface area contributed by atoms with Gasteiger partial charge in [-0.2, -0.15) is 4.31 Å². The van der Waals surface area contributed by atoms with Crippen molar-refractivity contribution in [2.24, 2.45) is 0 Å². The van der Waals surface area contributed by atoms with E-state index in [1.54, 1.807) is 6.92 Å². The Morgan fingerprint density at radius 3 is 2.87 bits per heavy atom. The first-order chi connectivity index (χ1) is 6.92. The number of β-amino-alcohol motifs (C(OH)–C–C–N with tert-alkyl or cyclic N) is 1. The molecular weight excluding hydrogens is 218 g/mol. The van der Waals surface area contributed by atoms with E-state index >= 15 is 0 Å². The third-order valence-electron chi connectivity index (χ3n) is 2.51. The molecular formula is C8H13N3O3S. The summed E-state index contributed by atoms with van der Waals surface area (Å²) >= 11 is 0. The normalized spacial score (nSPS) is 28.4. The first-order valence-corrected chi connectivity index (χ1v) is 6.07. The second kappa shape index (κ2) is 3.29. The van der Waals surface area contributed by atoms with E-state index in [4.69, 9.17) is 0 Å². The zero-order chi connectivity index (χ0) is 11.1. The Balaban J connectivity index is 2.26. The molecule has 7 heteroatoms. The summed E-state index contributed by atoms with van der Waals surface area (Å²) in [4.78, 5) is 6.23. The lowest BCUT2D eigenvalue weighted by Crippen LogP contribution is -2.34. The van der Waals surface area contributed by atoms with Gasteiger partial charge in [-0.05, 0) is 13.3 Å². The summed E-state index contributed by atoms with van der Waals surface area (Å²) in [6.45, 7) is 2.11. The van der Waals surface area contributed by atoms with E-state index in [2.05, 4.69) is 9.97 Å². The molecule has 6 nitrogen and oxygen atoms in total. The molecule has 1 aliphatic rings. The molecule has 84 valence electrons. The fraction of sp³-hybridized carbons (Fsp3) is 0.625. The highest BCUT2D eigenvalue weighted by Gasteiger charge is 2.38. The van der Waals surface area contributed by atoms with E-state index in [0.29, 0.717) is 13.0 Å². The maximum atomic E-state index is 11.9. The van der Waals surface area contributed by atoms with Crippen LogP contribution < -0.4 is 0 Å². The van der Waals surface area contributed by atoms with Gasteiger partial charge in [0.05, 0.1) is 18.1 Å². The fourth-order valence-electron chi connectivity index (χ4n) is 1.63. The van der Waals surface area contributed by atoms with Crippen LogP contribution in [0.1, 0.15) is 13.3 Å². The Hall–Kier alpha value is -0.920. The van der Waals surface area contributed by atoms with Crippen LogP contribution in [0.15, 0.2) is 17.6 Å². The maximum Gasteiger partial charge on any atom is 0.260 e. The van der Waals surface area contributed by atoms with Crippen LogP contribution in [0.5, 0.6) is 0 Å². The van der Waals surface area contributed by atoms with Crippen LogP contribution in [-0.4, -0.2) is 46.5 Å². The summed E-state index contributed by atoms with van der Waals surface area (Å²) in [7, 11) is -3.51. The molecule has 0 aromatic carbocycles.